The molecule has 1 heterocycles. The summed E-state index contributed by atoms with van der Waals surface area (Å²) in [5.74, 6) is 0.814. The first kappa shape index (κ1) is 14.1. The van der Waals surface area contributed by atoms with Crippen LogP contribution in [0, 0.1) is 0 Å². The van der Waals surface area contributed by atoms with Crippen molar-refractivity contribution < 1.29 is 4.42 Å². The van der Waals surface area contributed by atoms with Crippen molar-refractivity contribution >= 4 is 11.1 Å². The van der Waals surface area contributed by atoms with Gasteiger partial charge >= 0.3 is 0 Å². The fourth-order valence-electron chi connectivity index (χ4n) is 2.02. The molecule has 0 radical (unpaired) electrons. The van der Waals surface area contributed by atoms with Gasteiger partial charge in [-0.1, -0.05) is 40.7 Å². The molecule has 0 fully saturated rings. The van der Waals surface area contributed by atoms with Crippen molar-refractivity contribution in [3.8, 4) is 0 Å². The van der Waals surface area contributed by atoms with Gasteiger partial charge in [0.25, 0.3) is 0 Å². The number of hydrogen-bond donors (Lipinski definition) is 1. The van der Waals surface area contributed by atoms with Crippen molar-refractivity contribution in [2.45, 2.75) is 52.5 Å². The number of nitrogens with one attached hydrogen (secondary N) is 1. The summed E-state index contributed by atoms with van der Waals surface area (Å²) in [6.45, 7) is 11.8. The summed E-state index contributed by atoms with van der Waals surface area (Å²) in [7, 11) is 0. The van der Waals surface area contributed by atoms with Gasteiger partial charge in [-0.25, -0.2) is 4.98 Å². The lowest BCUT2D eigenvalue weighted by molar-refractivity contribution is 0.500. The minimum absolute atomic E-state index is 0.145. The SMILES string of the molecule is CC(C)NCCc1nc2cc(C(C)(C)C)ccc2o1. The molecule has 1 aromatic heterocycles. The van der Waals surface area contributed by atoms with E-state index >= 15 is 0 Å². The molecule has 3 nitrogen and oxygen atoms in total. The standard InChI is InChI=1S/C16H24N2O/c1-11(2)17-9-8-15-18-13-10-12(16(3,4)5)6-7-14(13)19-15/h6-7,10-11,17H,8-9H2,1-5H3. The number of aromatic nitrogens is 1. The highest BCUT2D eigenvalue weighted by atomic mass is 16.3. The van der Waals surface area contributed by atoms with Crippen molar-refractivity contribution in [3.63, 3.8) is 0 Å². The average Bonchev–Trinajstić information content (AvgIpc) is 2.68. The first-order valence-corrected chi connectivity index (χ1v) is 6.99. The number of oxazole rings is 1. The molecule has 1 aromatic carbocycles. The third kappa shape index (κ3) is 3.57. The zero-order valence-electron chi connectivity index (χ0n) is 12.6. The van der Waals surface area contributed by atoms with Crippen LogP contribution in [0.15, 0.2) is 22.6 Å². The van der Waals surface area contributed by atoms with Gasteiger partial charge in [0, 0.05) is 19.0 Å². The van der Waals surface area contributed by atoms with E-state index in [4.69, 9.17) is 4.42 Å². The lowest BCUT2D eigenvalue weighted by Crippen LogP contribution is -2.24. The number of fused-ring (bicyclic) bond motifs is 1. The summed E-state index contributed by atoms with van der Waals surface area (Å²) < 4.78 is 5.77. The van der Waals surface area contributed by atoms with Crippen LogP contribution < -0.4 is 5.32 Å². The van der Waals surface area contributed by atoms with Gasteiger partial charge in [-0.2, -0.15) is 0 Å². The smallest absolute Gasteiger partial charge is 0.196 e. The highest BCUT2D eigenvalue weighted by molar-refractivity contribution is 5.73. The molecule has 0 saturated heterocycles. The second-order valence-electron chi connectivity index (χ2n) is 6.40. The van der Waals surface area contributed by atoms with Crippen molar-refractivity contribution in [3.05, 3.63) is 29.7 Å². The molecule has 0 unspecified atom stereocenters. The van der Waals surface area contributed by atoms with E-state index in [0.717, 1.165) is 30.0 Å². The van der Waals surface area contributed by atoms with Gasteiger partial charge in [0.2, 0.25) is 0 Å². The van der Waals surface area contributed by atoms with E-state index in [2.05, 4.69) is 57.1 Å². The Balaban J connectivity index is 2.16. The lowest BCUT2D eigenvalue weighted by Gasteiger charge is -2.18. The Bertz CT molecular complexity index is 549. The summed E-state index contributed by atoms with van der Waals surface area (Å²) in [4.78, 5) is 4.58. The monoisotopic (exact) mass is 260 g/mol. The third-order valence-corrected chi connectivity index (χ3v) is 3.19. The molecule has 2 rings (SSSR count). The van der Waals surface area contributed by atoms with Crippen LogP contribution in [0.2, 0.25) is 0 Å². The van der Waals surface area contributed by atoms with Crippen molar-refractivity contribution in [1.82, 2.24) is 10.3 Å². The van der Waals surface area contributed by atoms with Gasteiger partial charge in [0.1, 0.15) is 5.52 Å². The second-order valence-corrected chi connectivity index (χ2v) is 6.40. The zero-order chi connectivity index (χ0) is 14.0. The maximum absolute atomic E-state index is 5.77. The molecule has 104 valence electrons. The first-order valence-electron chi connectivity index (χ1n) is 6.99. The topological polar surface area (TPSA) is 38.1 Å². The van der Waals surface area contributed by atoms with E-state index in [9.17, 15) is 0 Å². The maximum Gasteiger partial charge on any atom is 0.196 e. The van der Waals surface area contributed by atoms with Crippen LogP contribution in [0.3, 0.4) is 0 Å². The average molecular weight is 260 g/mol. The van der Waals surface area contributed by atoms with Crippen LogP contribution in [0.1, 0.15) is 46.1 Å². The molecule has 0 atom stereocenters. The predicted octanol–water partition coefficient (Wildman–Crippen LogP) is 3.67. The highest BCUT2D eigenvalue weighted by Gasteiger charge is 2.15. The summed E-state index contributed by atoms with van der Waals surface area (Å²) >= 11 is 0. The first-order chi connectivity index (χ1) is 8.86. The summed E-state index contributed by atoms with van der Waals surface area (Å²) in [5.41, 5.74) is 3.28. The molecule has 2 aromatic rings. The molecule has 3 heteroatoms. The van der Waals surface area contributed by atoms with Crippen LogP contribution in [0.5, 0.6) is 0 Å². The number of benzene rings is 1. The van der Waals surface area contributed by atoms with Crippen molar-refractivity contribution in [2.75, 3.05) is 6.54 Å². The number of rotatable bonds is 4. The van der Waals surface area contributed by atoms with Crippen LogP contribution in [-0.4, -0.2) is 17.6 Å². The van der Waals surface area contributed by atoms with E-state index in [1.165, 1.54) is 5.56 Å². The van der Waals surface area contributed by atoms with Gasteiger partial charge in [0.05, 0.1) is 0 Å². The molecule has 0 spiro atoms. The number of hydrogen-bond acceptors (Lipinski definition) is 3. The molecule has 0 aliphatic carbocycles. The van der Waals surface area contributed by atoms with E-state index < -0.39 is 0 Å². The Hall–Kier alpha value is -1.35. The summed E-state index contributed by atoms with van der Waals surface area (Å²) in [5, 5.41) is 3.37. The van der Waals surface area contributed by atoms with Crippen LogP contribution in [0.4, 0.5) is 0 Å². The minimum Gasteiger partial charge on any atom is -0.441 e. The van der Waals surface area contributed by atoms with Gasteiger partial charge < -0.3 is 9.73 Å². The Morgan fingerprint density at radius 1 is 1.26 bits per heavy atom. The molecule has 1 N–H and O–H groups in total. The maximum atomic E-state index is 5.77. The Labute approximate surface area is 115 Å². The van der Waals surface area contributed by atoms with Crippen LogP contribution >= 0.6 is 0 Å². The molecule has 0 bridgehead atoms. The molecular weight excluding hydrogens is 236 g/mol. The largest absolute Gasteiger partial charge is 0.441 e. The lowest BCUT2D eigenvalue weighted by atomic mass is 9.87. The highest BCUT2D eigenvalue weighted by Crippen LogP contribution is 2.26. The Morgan fingerprint density at radius 2 is 2.00 bits per heavy atom. The van der Waals surface area contributed by atoms with Crippen LogP contribution in [-0.2, 0) is 11.8 Å². The van der Waals surface area contributed by atoms with E-state index in [1.807, 2.05) is 6.07 Å². The van der Waals surface area contributed by atoms with Gasteiger partial charge in [0.15, 0.2) is 11.5 Å². The van der Waals surface area contributed by atoms with E-state index in [1.54, 1.807) is 0 Å². The Morgan fingerprint density at radius 3 is 2.63 bits per heavy atom. The van der Waals surface area contributed by atoms with E-state index in [0.29, 0.717) is 6.04 Å². The Kier molecular flexibility index (Phi) is 3.95. The zero-order valence-corrected chi connectivity index (χ0v) is 12.6. The number of nitrogens with zero attached hydrogens (tertiary/aromatic N) is 1. The van der Waals surface area contributed by atoms with Gasteiger partial charge in [-0.05, 0) is 23.1 Å². The quantitative estimate of drug-likeness (QED) is 0.911. The van der Waals surface area contributed by atoms with Crippen molar-refractivity contribution in [2.24, 2.45) is 0 Å². The normalized spacial score (nSPS) is 12.5. The molecule has 0 amide bonds. The van der Waals surface area contributed by atoms with Gasteiger partial charge in [-0.15, -0.1) is 0 Å². The predicted molar refractivity (Wildman–Crippen MR) is 79.6 cm³/mol. The molecule has 19 heavy (non-hydrogen) atoms. The molecule has 0 aliphatic heterocycles. The molecule has 0 saturated carbocycles. The van der Waals surface area contributed by atoms with Crippen molar-refractivity contribution in [1.29, 1.82) is 0 Å². The molecular formula is C16H24N2O. The van der Waals surface area contributed by atoms with Crippen LogP contribution in [0.25, 0.3) is 11.1 Å². The fourth-order valence-corrected chi connectivity index (χ4v) is 2.02. The fraction of sp³-hybridized carbons (Fsp3) is 0.562. The summed E-state index contributed by atoms with van der Waals surface area (Å²) in [6.07, 6.45) is 0.831. The third-order valence-electron chi connectivity index (χ3n) is 3.19. The summed E-state index contributed by atoms with van der Waals surface area (Å²) in [6, 6.07) is 6.79. The minimum atomic E-state index is 0.145. The molecule has 0 aliphatic rings. The van der Waals surface area contributed by atoms with E-state index in [-0.39, 0.29) is 5.41 Å². The van der Waals surface area contributed by atoms with Gasteiger partial charge in [-0.3, -0.25) is 0 Å². The second kappa shape index (κ2) is 5.33.